The Bertz CT molecular complexity index is 881. The molecule has 18 heteroatoms. The van der Waals surface area contributed by atoms with Crippen molar-refractivity contribution in [3.05, 3.63) is 23.2 Å². The lowest BCUT2D eigenvalue weighted by atomic mass is 10.1. The highest BCUT2D eigenvalue weighted by atomic mass is 19.4. The number of fused-ring (bicyclic) bond motifs is 1. The number of halogens is 14. The lowest BCUT2D eigenvalue weighted by molar-refractivity contribution is -0.275. The maximum absolute atomic E-state index is 13.7. The van der Waals surface area contributed by atoms with E-state index in [0.717, 1.165) is 0 Å². The van der Waals surface area contributed by atoms with Gasteiger partial charge in [0.25, 0.3) is 0 Å². The van der Waals surface area contributed by atoms with E-state index in [1.54, 1.807) is 0 Å². The first-order chi connectivity index (χ1) is 15.2. The van der Waals surface area contributed by atoms with Crippen LogP contribution in [0.15, 0.2) is 23.2 Å². The molecule has 0 aromatic rings. The number of hydrogen-bond donors (Lipinski definition) is 0. The summed E-state index contributed by atoms with van der Waals surface area (Å²) < 4.78 is 207. The number of alkyl halides is 12. The van der Waals surface area contributed by atoms with Crippen molar-refractivity contribution >= 4 is 0 Å². The summed E-state index contributed by atoms with van der Waals surface area (Å²) in [5.74, 6) is -48.2. The molecule has 4 rings (SSSR count). The summed E-state index contributed by atoms with van der Waals surface area (Å²) in [6.07, 6.45) is -7.80. The van der Waals surface area contributed by atoms with Gasteiger partial charge in [-0.15, -0.1) is 0 Å². The first kappa shape index (κ1) is 25.1. The summed E-state index contributed by atoms with van der Waals surface area (Å²) in [5, 5.41) is 0. The maximum atomic E-state index is 13.7. The number of ether oxygens (including phenoxy) is 4. The molecule has 2 saturated heterocycles. The Kier molecular flexibility index (Phi) is 5.04. The van der Waals surface area contributed by atoms with Crippen molar-refractivity contribution in [1.82, 2.24) is 0 Å². The third-order valence-corrected chi connectivity index (χ3v) is 5.60. The SMILES string of the molecule is FC1=C(O[C@@H]2CO[C@H]3[C@@H]2OC[C@H]3OC2=C(F)C(F)(F)C(F)(F)C2(F)F)C(F)(F)C(F)(F)C1(F)F. The second-order valence-electron chi connectivity index (χ2n) is 7.64. The Hall–Kier alpha value is -1.98. The Morgan fingerprint density at radius 1 is 0.529 bits per heavy atom. The van der Waals surface area contributed by atoms with E-state index in [1.807, 2.05) is 0 Å². The smallest absolute Gasteiger partial charge is 0.386 e. The van der Waals surface area contributed by atoms with Crippen LogP contribution in [0.4, 0.5) is 61.5 Å². The predicted molar refractivity (Wildman–Crippen MR) is 75.2 cm³/mol. The second-order valence-corrected chi connectivity index (χ2v) is 7.64. The molecule has 194 valence electrons. The molecule has 4 nitrogen and oxygen atoms in total. The predicted octanol–water partition coefficient (Wildman–Crippen LogP) is 4.76. The molecule has 2 fully saturated rings. The highest BCUT2D eigenvalue weighted by molar-refractivity contribution is 5.35. The lowest BCUT2D eigenvalue weighted by Gasteiger charge is -2.26. The number of allylic oxidation sites excluding steroid dienone is 4. The zero-order valence-corrected chi connectivity index (χ0v) is 15.6. The molecule has 0 aromatic carbocycles. The van der Waals surface area contributed by atoms with E-state index in [4.69, 9.17) is 9.47 Å². The highest BCUT2D eigenvalue weighted by Gasteiger charge is 2.84. The average molecular weight is 530 g/mol. The lowest BCUT2D eigenvalue weighted by Crippen LogP contribution is -2.49. The van der Waals surface area contributed by atoms with Crippen LogP contribution in [0.1, 0.15) is 0 Å². The fourth-order valence-corrected chi connectivity index (χ4v) is 3.70. The minimum atomic E-state index is -6.23. The van der Waals surface area contributed by atoms with Crippen molar-refractivity contribution in [2.45, 2.75) is 60.0 Å². The number of hydrogen-bond acceptors (Lipinski definition) is 4. The van der Waals surface area contributed by atoms with Crippen LogP contribution in [0.3, 0.4) is 0 Å². The second kappa shape index (κ2) is 6.82. The average Bonchev–Trinajstić information content (AvgIpc) is 3.33. The van der Waals surface area contributed by atoms with Gasteiger partial charge in [0, 0.05) is 0 Å². The summed E-state index contributed by atoms with van der Waals surface area (Å²) in [7, 11) is 0. The molecule has 0 spiro atoms. The van der Waals surface area contributed by atoms with Crippen molar-refractivity contribution in [2.75, 3.05) is 13.2 Å². The Morgan fingerprint density at radius 2 is 0.824 bits per heavy atom. The number of rotatable bonds is 4. The van der Waals surface area contributed by atoms with E-state index in [2.05, 4.69) is 9.47 Å². The minimum Gasteiger partial charge on any atom is -0.480 e. The molecule has 0 N–H and O–H groups in total. The van der Waals surface area contributed by atoms with Gasteiger partial charge < -0.3 is 18.9 Å². The van der Waals surface area contributed by atoms with E-state index >= 15 is 0 Å². The van der Waals surface area contributed by atoms with Crippen LogP contribution in [0.2, 0.25) is 0 Å². The van der Waals surface area contributed by atoms with E-state index < -0.39 is 96.3 Å². The normalized spacial score (nSPS) is 38.4. The van der Waals surface area contributed by atoms with Crippen molar-refractivity contribution < 1.29 is 80.4 Å². The summed E-state index contributed by atoms with van der Waals surface area (Å²) in [4.78, 5) is 0. The van der Waals surface area contributed by atoms with Gasteiger partial charge in [-0.05, 0) is 0 Å². The fourth-order valence-electron chi connectivity index (χ4n) is 3.70. The summed E-state index contributed by atoms with van der Waals surface area (Å²) in [6, 6.07) is 0. The molecular weight excluding hydrogens is 522 g/mol. The standard InChI is InChI=1S/C16H8F14O4/c17-7-9(13(23,24)15(27,28)11(7,19)20)33-3-1-31-6-4(2-32-5(3)6)34-10-8(18)12(21,22)16(29,30)14(10,25)26/h3-6H,1-2H2/t3-,4-,5-,6-/m1/s1. The van der Waals surface area contributed by atoms with Gasteiger partial charge in [-0.25, -0.2) is 8.78 Å². The zero-order chi connectivity index (χ0) is 25.9. The molecule has 2 heterocycles. The first-order valence-electron chi connectivity index (χ1n) is 8.89. The van der Waals surface area contributed by atoms with Crippen LogP contribution < -0.4 is 0 Å². The summed E-state index contributed by atoms with van der Waals surface area (Å²) >= 11 is 0. The van der Waals surface area contributed by atoms with Crippen LogP contribution in [0.5, 0.6) is 0 Å². The highest BCUT2D eigenvalue weighted by Crippen LogP contribution is 2.61. The van der Waals surface area contributed by atoms with Crippen LogP contribution in [0.25, 0.3) is 0 Å². The van der Waals surface area contributed by atoms with Gasteiger partial charge >= 0.3 is 35.5 Å². The molecular formula is C16H8F14O4. The van der Waals surface area contributed by atoms with E-state index in [0.29, 0.717) is 0 Å². The Labute approximate surface area is 178 Å². The Morgan fingerprint density at radius 3 is 1.06 bits per heavy atom. The molecule has 0 bridgehead atoms. The van der Waals surface area contributed by atoms with Crippen LogP contribution in [-0.2, 0) is 18.9 Å². The van der Waals surface area contributed by atoms with Gasteiger partial charge in [-0.3, -0.25) is 0 Å². The first-order valence-corrected chi connectivity index (χ1v) is 8.89. The molecule has 0 aromatic heterocycles. The third kappa shape index (κ3) is 2.74. The van der Waals surface area contributed by atoms with Gasteiger partial charge in [0.2, 0.25) is 23.2 Å². The van der Waals surface area contributed by atoms with Crippen molar-refractivity contribution in [3.63, 3.8) is 0 Å². The zero-order valence-electron chi connectivity index (χ0n) is 15.6. The van der Waals surface area contributed by atoms with Crippen LogP contribution in [-0.4, -0.2) is 73.2 Å². The minimum absolute atomic E-state index is 1.02. The van der Waals surface area contributed by atoms with Gasteiger partial charge in [0.1, 0.15) is 12.2 Å². The molecule has 2 aliphatic carbocycles. The summed E-state index contributed by atoms with van der Waals surface area (Å²) in [6.45, 7) is -2.05. The van der Waals surface area contributed by atoms with Crippen LogP contribution >= 0.6 is 0 Å². The summed E-state index contributed by atoms with van der Waals surface area (Å²) in [5.41, 5.74) is 0. The van der Waals surface area contributed by atoms with E-state index in [-0.39, 0.29) is 0 Å². The fraction of sp³-hybridized carbons (Fsp3) is 0.750. The molecule has 0 radical (unpaired) electrons. The van der Waals surface area contributed by atoms with Crippen molar-refractivity contribution in [2.24, 2.45) is 0 Å². The van der Waals surface area contributed by atoms with E-state index in [1.165, 1.54) is 0 Å². The largest absolute Gasteiger partial charge is 0.480 e. The van der Waals surface area contributed by atoms with Crippen molar-refractivity contribution in [3.8, 4) is 0 Å². The van der Waals surface area contributed by atoms with Crippen molar-refractivity contribution in [1.29, 1.82) is 0 Å². The maximum Gasteiger partial charge on any atom is 0.386 e. The van der Waals surface area contributed by atoms with Gasteiger partial charge in [0.05, 0.1) is 13.2 Å². The topological polar surface area (TPSA) is 36.9 Å². The quantitative estimate of drug-likeness (QED) is 0.492. The van der Waals surface area contributed by atoms with Gasteiger partial charge in [0.15, 0.2) is 12.2 Å². The molecule has 0 amide bonds. The molecule has 0 unspecified atom stereocenters. The molecule has 0 saturated carbocycles. The third-order valence-electron chi connectivity index (χ3n) is 5.60. The molecule has 4 aliphatic rings. The van der Waals surface area contributed by atoms with Crippen LogP contribution in [0, 0.1) is 0 Å². The van der Waals surface area contributed by atoms with Gasteiger partial charge in [-0.2, -0.15) is 52.7 Å². The van der Waals surface area contributed by atoms with E-state index in [9.17, 15) is 61.5 Å². The molecule has 4 atom stereocenters. The molecule has 34 heavy (non-hydrogen) atoms. The Balaban J connectivity index is 1.54. The molecule has 2 aliphatic heterocycles. The monoisotopic (exact) mass is 530 g/mol. The van der Waals surface area contributed by atoms with Gasteiger partial charge in [-0.1, -0.05) is 0 Å².